The summed E-state index contributed by atoms with van der Waals surface area (Å²) in [5.41, 5.74) is 0.330. The molecule has 0 heterocycles. The Morgan fingerprint density at radius 1 is 1.00 bits per heavy atom. The topological polar surface area (TPSA) is 44.8 Å². The van der Waals surface area contributed by atoms with E-state index < -0.39 is 5.97 Å². The fourth-order valence-corrected chi connectivity index (χ4v) is 1.61. The third-order valence-corrected chi connectivity index (χ3v) is 2.67. The summed E-state index contributed by atoms with van der Waals surface area (Å²) in [6, 6.07) is 14.2. The highest BCUT2D eigenvalue weighted by Crippen LogP contribution is 2.34. The number of ether oxygens (including phenoxy) is 3. The minimum atomic E-state index is -0.481. The largest absolute Gasteiger partial charge is 0.493 e. The van der Waals surface area contributed by atoms with E-state index in [1.807, 2.05) is 30.3 Å². The van der Waals surface area contributed by atoms with Crippen LogP contribution >= 0.6 is 0 Å². The highest BCUT2D eigenvalue weighted by molar-refractivity contribution is 5.88. The summed E-state index contributed by atoms with van der Waals surface area (Å²) in [5, 5.41) is 0. The van der Waals surface area contributed by atoms with Crippen molar-refractivity contribution in [2.75, 3.05) is 7.11 Å². The number of benzene rings is 2. The van der Waals surface area contributed by atoms with E-state index in [1.54, 1.807) is 32.2 Å². The van der Waals surface area contributed by atoms with Gasteiger partial charge in [-0.1, -0.05) is 24.8 Å². The van der Waals surface area contributed by atoms with Crippen LogP contribution in [0, 0.1) is 0 Å². The fraction of sp³-hybridized carbons (Fsp3) is 0.118. The molecule has 0 unspecified atom stereocenters. The van der Waals surface area contributed by atoms with Gasteiger partial charge in [0.05, 0.1) is 7.11 Å². The Balaban J connectivity index is 2.26. The molecule has 0 N–H and O–H groups in total. The molecule has 0 aromatic heterocycles. The lowest BCUT2D eigenvalue weighted by Crippen LogP contribution is -2.08. The molecule has 0 bridgehead atoms. The molecular weight excluding hydrogens is 268 g/mol. The smallest absolute Gasteiger partial charge is 0.338 e. The molecule has 0 radical (unpaired) electrons. The normalized spacial score (nSPS) is 9.81. The summed E-state index contributed by atoms with van der Waals surface area (Å²) in [6.07, 6.45) is 0. The van der Waals surface area contributed by atoms with Crippen LogP contribution in [0.5, 0.6) is 23.0 Å². The Hall–Kier alpha value is -2.75. The summed E-state index contributed by atoms with van der Waals surface area (Å²) >= 11 is 0. The zero-order chi connectivity index (χ0) is 15.2. The van der Waals surface area contributed by atoms with Crippen molar-refractivity contribution < 1.29 is 19.0 Å². The van der Waals surface area contributed by atoms with Gasteiger partial charge < -0.3 is 14.2 Å². The van der Waals surface area contributed by atoms with Crippen molar-refractivity contribution in [3.63, 3.8) is 0 Å². The Bertz CT molecular complexity index is 647. The molecule has 2 aromatic carbocycles. The number of hydrogen-bond donors (Lipinski definition) is 0. The van der Waals surface area contributed by atoms with Crippen LogP contribution in [0.25, 0.3) is 0 Å². The number of carbonyl (C=O) groups excluding carboxylic acids is 1. The quantitative estimate of drug-likeness (QED) is 0.473. The summed E-state index contributed by atoms with van der Waals surface area (Å²) < 4.78 is 16.2. The van der Waals surface area contributed by atoms with Gasteiger partial charge in [0.25, 0.3) is 0 Å². The summed E-state index contributed by atoms with van der Waals surface area (Å²) in [6.45, 7) is 5.14. The second kappa shape index (κ2) is 6.61. The summed E-state index contributed by atoms with van der Waals surface area (Å²) in [7, 11) is 1.55. The molecule has 0 saturated heterocycles. The van der Waals surface area contributed by atoms with Crippen LogP contribution in [0.4, 0.5) is 0 Å². The van der Waals surface area contributed by atoms with Gasteiger partial charge in [0.2, 0.25) is 0 Å². The third-order valence-electron chi connectivity index (χ3n) is 2.67. The van der Waals surface area contributed by atoms with E-state index in [-0.39, 0.29) is 0 Å². The molecule has 4 nitrogen and oxygen atoms in total. The molecule has 2 rings (SSSR count). The first-order chi connectivity index (χ1) is 10.1. The Morgan fingerprint density at radius 3 is 2.33 bits per heavy atom. The highest BCUT2D eigenvalue weighted by atomic mass is 16.5. The van der Waals surface area contributed by atoms with Crippen LogP contribution in [0.2, 0.25) is 0 Å². The number of esters is 1. The van der Waals surface area contributed by atoms with Crippen molar-refractivity contribution in [1.82, 2.24) is 0 Å². The van der Waals surface area contributed by atoms with E-state index in [0.29, 0.717) is 28.6 Å². The van der Waals surface area contributed by atoms with E-state index in [1.165, 1.54) is 0 Å². The van der Waals surface area contributed by atoms with E-state index in [2.05, 4.69) is 6.58 Å². The molecule has 0 saturated carbocycles. The first-order valence-corrected chi connectivity index (χ1v) is 6.39. The van der Waals surface area contributed by atoms with Crippen molar-refractivity contribution in [2.45, 2.75) is 6.92 Å². The molecule has 2 aromatic rings. The summed E-state index contributed by atoms with van der Waals surface area (Å²) in [5.74, 6) is 1.57. The minimum absolute atomic E-state index is 0.330. The number of methoxy groups -OCH3 is 1. The first kappa shape index (κ1) is 14.7. The minimum Gasteiger partial charge on any atom is -0.493 e. The van der Waals surface area contributed by atoms with E-state index >= 15 is 0 Å². The molecule has 0 atom stereocenters. The molecule has 4 heteroatoms. The highest BCUT2D eigenvalue weighted by Gasteiger charge is 2.11. The Kier molecular flexibility index (Phi) is 4.61. The van der Waals surface area contributed by atoms with Gasteiger partial charge in [-0.05, 0) is 31.2 Å². The second-order valence-corrected chi connectivity index (χ2v) is 4.40. The maximum atomic E-state index is 11.5. The maximum absolute atomic E-state index is 11.5. The number of carbonyl (C=O) groups is 1. The lowest BCUT2D eigenvalue weighted by atomic mass is 10.3. The third kappa shape index (κ3) is 3.86. The molecule has 0 aliphatic rings. The Labute approximate surface area is 123 Å². The number of rotatable bonds is 5. The van der Waals surface area contributed by atoms with E-state index in [9.17, 15) is 4.79 Å². The molecule has 0 spiro atoms. The molecule has 0 fully saturated rings. The zero-order valence-electron chi connectivity index (χ0n) is 12.0. The molecule has 0 amide bonds. The average molecular weight is 284 g/mol. The SMILES string of the molecule is C=C(C)C(=O)Oc1ccc(OC)c(Oc2ccccc2)c1. The standard InChI is InChI=1S/C17H16O4/c1-12(2)17(18)21-14-9-10-15(19-3)16(11-14)20-13-7-5-4-6-8-13/h4-11H,1H2,2-3H3. The predicted molar refractivity (Wildman–Crippen MR) is 80.0 cm³/mol. The van der Waals surface area contributed by atoms with Crippen LogP contribution in [0.3, 0.4) is 0 Å². The van der Waals surface area contributed by atoms with Crippen LogP contribution < -0.4 is 14.2 Å². The van der Waals surface area contributed by atoms with Crippen molar-refractivity contribution in [3.8, 4) is 23.0 Å². The fourth-order valence-electron chi connectivity index (χ4n) is 1.61. The van der Waals surface area contributed by atoms with Crippen LogP contribution in [0.15, 0.2) is 60.7 Å². The van der Waals surface area contributed by atoms with Gasteiger partial charge in [-0.15, -0.1) is 0 Å². The molecule has 108 valence electrons. The van der Waals surface area contributed by atoms with Crippen molar-refractivity contribution in [1.29, 1.82) is 0 Å². The van der Waals surface area contributed by atoms with Crippen molar-refractivity contribution >= 4 is 5.97 Å². The zero-order valence-corrected chi connectivity index (χ0v) is 12.0. The molecule has 0 aliphatic carbocycles. The second-order valence-electron chi connectivity index (χ2n) is 4.40. The molecule has 21 heavy (non-hydrogen) atoms. The molecule has 0 aliphatic heterocycles. The summed E-state index contributed by atoms with van der Waals surface area (Å²) in [4.78, 5) is 11.5. The lowest BCUT2D eigenvalue weighted by Gasteiger charge is -2.12. The predicted octanol–water partition coefficient (Wildman–Crippen LogP) is 3.97. The molecular formula is C17H16O4. The van der Waals surface area contributed by atoms with Gasteiger partial charge in [0.1, 0.15) is 11.5 Å². The van der Waals surface area contributed by atoms with Gasteiger partial charge in [0, 0.05) is 11.6 Å². The monoisotopic (exact) mass is 284 g/mol. The van der Waals surface area contributed by atoms with Crippen molar-refractivity contribution in [3.05, 3.63) is 60.7 Å². The number of hydrogen-bond acceptors (Lipinski definition) is 4. The van der Waals surface area contributed by atoms with Gasteiger partial charge in [-0.2, -0.15) is 0 Å². The van der Waals surface area contributed by atoms with Gasteiger partial charge in [-0.25, -0.2) is 4.79 Å². The van der Waals surface area contributed by atoms with Gasteiger partial charge in [-0.3, -0.25) is 0 Å². The maximum Gasteiger partial charge on any atom is 0.338 e. The lowest BCUT2D eigenvalue weighted by molar-refractivity contribution is -0.130. The van der Waals surface area contributed by atoms with E-state index in [0.717, 1.165) is 0 Å². The Morgan fingerprint density at radius 2 is 1.71 bits per heavy atom. The average Bonchev–Trinajstić information content (AvgIpc) is 2.48. The van der Waals surface area contributed by atoms with Crippen molar-refractivity contribution in [2.24, 2.45) is 0 Å². The van der Waals surface area contributed by atoms with Gasteiger partial charge >= 0.3 is 5.97 Å². The number of para-hydroxylation sites is 1. The first-order valence-electron chi connectivity index (χ1n) is 6.39. The van der Waals surface area contributed by atoms with Crippen LogP contribution in [0.1, 0.15) is 6.92 Å². The van der Waals surface area contributed by atoms with Crippen LogP contribution in [-0.2, 0) is 4.79 Å². The van der Waals surface area contributed by atoms with Crippen LogP contribution in [-0.4, -0.2) is 13.1 Å². The van der Waals surface area contributed by atoms with E-state index in [4.69, 9.17) is 14.2 Å². The van der Waals surface area contributed by atoms with Gasteiger partial charge in [0.15, 0.2) is 11.5 Å².